The lowest BCUT2D eigenvalue weighted by Gasteiger charge is -2.10. The summed E-state index contributed by atoms with van der Waals surface area (Å²) < 4.78 is 0. The van der Waals surface area contributed by atoms with Gasteiger partial charge in [0.15, 0.2) is 0 Å². The van der Waals surface area contributed by atoms with Crippen LogP contribution in [-0.4, -0.2) is 42.7 Å². The normalized spacial score (nSPS) is 8.27. The molecule has 0 heterocycles. The third-order valence-electron chi connectivity index (χ3n) is 0.916. The molecule has 0 rings (SSSR count). The molecule has 0 aliphatic carbocycles. The molecule has 0 amide bonds. The Hall–Kier alpha value is -0.0300. The minimum absolute atomic E-state index is 0. The topological polar surface area (TPSA) is 66.6 Å². The second-order valence-corrected chi connectivity index (χ2v) is 1.92. The van der Waals surface area contributed by atoms with Crippen molar-refractivity contribution < 1.29 is 9.90 Å². The standard InChI is InChI=1S/C5H12N2O2.2ClH/c1-7(3-2-6)4-5(8)9;;/h2-4,6H2,1H3,(H,8,9);2*1H. The first-order valence-corrected chi connectivity index (χ1v) is 2.77. The van der Waals surface area contributed by atoms with Gasteiger partial charge >= 0.3 is 5.97 Å². The van der Waals surface area contributed by atoms with Crippen LogP contribution in [0.5, 0.6) is 0 Å². The lowest BCUT2D eigenvalue weighted by atomic mass is 10.5. The second-order valence-electron chi connectivity index (χ2n) is 1.92. The van der Waals surface area contributed by atoms with E-state index in [4.69, 9.17) is 10.8 Å². The van der Waals surface area contributed by atoms with E-state index in [0.29, 0.717) is 13.1 Å². The van der Waals surface area contributed by atoms with Crippen LogP contribution in [0.15, 0.2) is 0 Å². The molecular weight excluding hydrogens is 191 g/mol. The van der Waals surface area contributed by atoms with Crippen molar-refractivity contribution in [2.75, 3.05) is 26.7 Å². The van der Waals surface area contributed by atoms with E-state index in [1.165, 1.54) is 0 Å². The van der Waals surface area contributed by atoms with E-state index >= 15 is 0 Å². The molecule has 0 aromatic carbocycles. The van der Waals surface area contributed by atoms with Crippen LogP contribution >= 0.6 is 24.8 Å². The van der Waals surface area contributed by atoms with Gasteiger partial charge in [0, 0.05) is 13.1 Å². The Labute approximate surface area is 78.6 Å². The van der Waals surface area contributed by atoms with Crippen LogP contribution in [0, 0.1) is 0 Å². The smallest absolute Gasteiger partial charge is 0.317 e. The highest BCUT2D eigenvalue weighted by molar-refractivity contribution is 5.85. The van der Waals surface area contributed by atoms with E-state index in [1.54, 1.807) is 11.9 Å². The van der Waals surface area contributed by atoms with E-state index in [-0.39, 0.29) is 31.4 Å². The Morgan fingerprint density at radius 1 is 1.55 bits per heavy atom. The molecule has 0 spiro atoms. The summed E-state index contributed by atoms with van der Waals surface area (Å²) in [4.78, 5) is 11.7. The molecule has 6 heteroatoms. The average Bonchev–Trinajstić information content (AvgIpc) is 1.63. The maximum Gasteiger partial charge on any atom is 0.317 e. The number of nitrogens with two attached hydrogens (primary N) is 1. The Morgan fingerprint density at radius 3 is 2.27 bits per heavy atom. The van der Waals surface area contributed by atoms with Gasteiger partial charge in [0.25, 0.3) is 0 Å². The summed E-state index contributed by atoms with van der Waals surface area (Å²) in [6.45, 7) is 1.20. The van der Waals surface area contributed by atoms with Gasteiger partial charge in [-0.25, -0.2) is 0 Å². The van der Waals surface area contributed by atoms with Gasteiger partial charge in [0.1, 0.15) is 0 Å². The zero-order valence-corrected chi connectivity index (χ0v) is 7.95. The molecule has 0 aromatic heterocycles. The van der Waals surface area contributed by atoms with Crippen LogP contribution in [0.1, 0.15) is 0 Å². The van der Waals surface area contributed by atoms with Crippen molar-refractivity contribution in [1.29, 1.82) is 0 Å². The number of aliphatic carboxylic acids is 1. The summed E-state index contributed by atoms with van der Waals surface area (Å²) in [5.41, 5.74) is 5.17. The third kappa shape index (κ3) is 13.0. The minimum atomic E-state index is -0.814. The first-order valence-electron chi connectivity index (χ1n) is 2.77. The number of halogens is 2. The first kappa shape index (κ1) is 17.2. The number of hydrogen-bond acceptors (Lipinski definition) is 3. The molecule has 0 aromatic rings. The lowest BCUT2D eigenvalue weighted by Crippen LogP contribution is -2.30. The number of nitrogens with zero attached hydrogens (tertiary/aromatic N) is 1. The summed E-state index contributed by atoms with van der Waals surface area (Å²) in [6.07, 6.45) is 0. The second kappa shape index (κ2) is 9.97. The molecular formula is C5H14Cl2N2O2. The summed E-state index contributed by atoms with van der Waals surface area (Å²) in [5, 5.41) is 8.23. The van der Waals surface area contributed by atoms with Gasteiger partial charge in [-0.2, -0.15) is 0 Å². The molecule has 3 N–H and O–H groups in total. The fraction of sp³-hybridized carbons (Fsp3) is 0.800. The number of hydrogen-bond donors (Lipinski definition) is 2. The van der Waals surface area contributed by atoms with Crippen LogP contribution in [0.2, 0.25) is 0 Å². The zero-order valence-electron chi connectivity index (χ0n) is 6.32. The Morgan fingerprint density at radius 2 is 2.00 bits per heavy atom. The number of rotatable bonds is 4. The first-order chi connectivity index (χ1) is 4.16. The highest BCUT2D eigenvalue weighted by atomic mass is 35.5. The van der Waals surface area contributed by atoms with Crippen molar-refractivity contribution in [3.05, 3.63) is 0 Å². The van der Waals surface area contributed by atoms with E-state index in [2.05, 4.69) is 0 Å². The highest BCUT2D eigenvalue weighted by Crippen LogP contribution is 1.77. The van der Waals surface area contributed by atoms with E-state index in [1.807, 2.05) is 0 Å². The molecule has 70 valence electrons. The zero-order chi connectivity index (χ0) is 7.28. The van der Waals surface area contributed by atoms with Crippen LogP contribution in [-0.2, 0) is 4.79 Å². The summed E-state index contributed by atoms with van der Waals surface area (Å²) in [5.74, 6) is -0.814. The molecule has 0 saturated heterocycles. The average molecular weight is 205 g/mol. The van der Waals surface area contributed by atoms with Gasteiger partial charge in [0.2, 0.25) is 0 Å². The molecule has 11 heavy (non-hydrogen) atoms. The maximum atomic E-state index is 10.0. The van der Waals surface area contributed by atoms with E-state index in [9.17, 15) is 4.79 Å². The van der Waals surface area contributed by atoms with E-state index in [0.717, 1.165) is 0 Å². The molecule has 0 aliphatic heterocycles. The molecule has 0 aliphatic rings. The summed E-state index contributed by atoms with van der Waals surface area (Å²) in [6, 6.07) is 0. The van der Waals surface area contributed by atoms with Gasteiger partial charge in [-0.05, 0) is 7.05 Å². The SMILES string of the molecule is CN(CCN)CC(=O)O.Cl.Cl. The fourth-order valence-corrected chi connectivity index (χ4v) is 0.530. The van der Waals surface area contributed by atoms with Crippen LogP contribution < -0.4 is 5.73 Å². The molecule has 0 unspecified atom stereocenters. The van der Waals surface area contributed by atoms with E-state index < -0.39 is 5.97 Å². The van der Waals surface area contributed by atoms with Gasteiger partial charge in [-0.3, -0.25) is 9.69 Å². The van der Waals surface area contributed by atoms with Gasteiger partial charge < -0.3 is 10.8 Å². The summed E-state index contributed by atoms with van der Waals surface area (Å²) in [7, 11) is 1.72. The molecule has 0 bridgehead atoms. The minimum Gasteiger partial charge on any atom is -0.480 e. The largest absolute Gasteiger partial charge is 0.480 e. The number of carboxylic acid groups (broad SMARTS) is 1. The van der Waals surface area contributed by atoms with Crippen molar-refractivity contribution in [1.82, 2.24) is 4.90 Å². The molecule has 4 nitrogen and oxygen atoms in total. The number of carboxylic acids is 1. The molecule has 0 radical (unpaired) electrons. The Balaban J connectivity index is -0.000000320. The van der Waals surface area contributed by atoms with Crippen LogP contribution in [0.25, 0.3) is 0 Å². The molecule has 0 atom stereocenters. The van der Waals surface area contributed by atoms with Gasteiger partial charge in [-0.1, -0.05) is 0 Å². The third-order valence-corrected chi connectivity index (χ3v) is 0.916. The maximum absolute atomic E-state index is 10.0. The van der Waals surface area contributed by atoms with Crippen LogP contribution in [0.4, 0.5) is 0 Å². The lowest BCUT2D eigenvalue weighted by molar-refractivity contribution is -0.137. The van der Waals surface area contributed by atoms with Gasteiger partial charge in [0.05, 0.1) is 6.54 Å². The van der Waals surface area contributed by atoms with Crippen molar-refractivity contribution in [3.8, 4) is 0 Å². The highest BCUT2D eigenvalue weighted by Gasteiger charge is 2.00. The summed E-state index contributed by atoms with van der Waals surface area (Å²) >= 11 is 0. The predicted molar refractivity (Wildman–Crippen MR) is 48.7 cm³/mol. The Kier molecular flexibility index (Phi) is 15.6. The van der Waals surface area contributed by atoms with Crippen LogP contribution in [0.3, 0.4) is 0 Å². The number of carbonyl (C=O) groups is 1. The van der Waals surface area contributed by atoms with Gasteiger partial charge in [-0.15, -0.1) is 24.8 Å². The van der Waals surface area contributed by atoms with Crippen molar-refractivity contribution >= 4 is 30.8 Å². The molecule has 0 saturated carbocycles. The van der Waals surface area contributed by atoms with Crippen molar-refractivity contribution in [2.24, 2.45) is 5.73 Å². The quantitative estimate of drug-likeness (QED) is 0.667. The molecule has 0 fully saturated rings. The Bertz CT molecular complexity index is 102. The number of likely N-dealkylation sites (N-methyl/N-ethyl adjacent to an activating group) is 1. The monoisotopic (exact) mass is 204 g/mol. The van der Waals surface area contributed by atoms with Crippen molar-refractivity contribution in [3.63, 3.8) is 0 Å². The fourth-order valence-electron chi connectivity index (χ4n) is 0.530. The predicted octanol–water partition coefficient (Wildman–Crippen LogP) is -0.195. The van der Waals surface area contributed by atoms with Crippen molar-refractivity contribution in [2.45, 2.75) is 0 Å².